The number of aromatic nitrogens is 10. The van der Waals surface area contributed by atoms with Gasteiger partial charge < -0.3 is 44.4 Å². The van der Waals surface area contributed by atoms with Gasteiger partial charge in [-0.1, -0.05) is 37.1 Å². The van der Waals surface area contributed by atoms with Gasteiger partial charge in [-0.15, -0.1) is 0 Å². The molecule has 4 aromatic heterocycles. The van der Waals surface area contributed by atoms with E-state index < -0.39 is 5.60 Å². The fraction of sp³-hybridized carbons (Fsp3) is 0.441. The third-order valence-electron chi connectivity index (χ3n) is 15.0. The SMILES string of the molecule is CC(C)(C)OC(=O)N1CCC(Oc2cc3nc(Nc4cccc(Cn5cncn5)c4)ncc3cc2Br)C1.CC1(C)OB(C2CC2)OC1(C)C.c1cc(Cn2cncn2)cc(Nc2ncc3cc(C4CC4)c(OC4CCNC4)cc3n2)c1. The highest BCUT2D eigenvalue weighted by molar-refractivity contribution is 9.10. The molecule has 3 saturated heterocycles. The summed E-state index contributed by atoms with van der Waals surface area (Å²) in [5, 5.41) is 20.3. The molecule has 5 fully saturated rings. The molecule has 7 heterocycles. The fourth-order valence-electron chi connectivity index (χ4n) is 9.75. The Kier molecular flexibility index (Phi) is 16.3. The maximum absolute atomic E-state index is 12.4. The standard InChI is InChI=1S/C26H28BrN7O3.C24H25N7O.C9H17BO2/c1-26(2,3)37-25(35)33-8-7-20(14-33)36-23-11-22-18(10-21(23)27)12-29-24(32-22)31-19-6-4-5-17(9-19)13-34-16-28-15-30-34;1-2-16(13-31-15-26-14-28-31)8-19(3-1)29-24-27-11-18-9-21(17-4-5-17)23(10-22(18)30-24)32-20-6-7-25-12-20;1-8(2)9(3,4)12-10(11-8)7-5-6-7/h4-6,9-12,15-16,20H,7-8,13-14H2,1-3H3,(H,29,31,32);1-3,8-11,14-15,17,20,25H,4-7,12-13H2,(H,27,29,30);7H,5-6H2,1-4H3. The molecule has 3 N–H and O–H groups in total. The lowest BCUT2D eigenvalue weighted by atomic mass is 9.82. The number of carbonyl (C=O) groups excluding carboxylic acids is 1. The molecule has 1 amide bonds. The minimum atomic E-state index is -0.526. The van der Waals surface area contributed by atoms with Crippen LogP contribution in [0.4, 0.5) is 28.1 Å². The average molecular weight is 1160 g/mol. The van der Waals surface area contributed by atoms with E-state index in [0.717, 1.165) is 80.5 Å². The Morgan fingerprint density at radius 1 is 0.741 bits per heavy atom. The van der Waals surface area contributed by atoms with Gasteiger partial charge in [0.25, 0.3) is 0 Å². The number of fused-ring (bicyclic) bond motifs is 2. The van der Waals surface area contributed by atoms with Crippen LogP contribution in [0.5, 0.6) is 11.5 Å². The number of halogens is 1. The van der Waals surface area contributed by atoms with Crippen LogP contribution in [-0.4, -0.2) is 123 Å². The molecule has 8 aromatic rings. The van der Waals surface area contributed by atoms with Crippen molar-refractivity contribution in [2.45, 2.75) is 141 Å². The van der Waals surface area contributed by atoms with Crippen molar-refractivity contribution in [3.63, 3.8) is 0 Å². The van der Waals surface area contributed by atoms with Crippen molar-refractivity contribution in [3.8, 4) is 11.5 Å². The number of hydrogen-bond donors (Lipinski definition) is 3. The second-order valence-electron chi connectivity index (χ2n) is 23.4. The summed E-state index contributed by atoms with van der Waals surface area (Å²) in [4.78, 5) is 40.6. The normalized spacial score (nSPS) is 19.2. The van der Waals surface area contributed by atoms with Gasteiger partial charge >= 0.3 is 13.2 Å². The van der Waals surface area contributed by atoms with Crippen LogP contribution in [0.1, 0.15) is 110 Å². The molecule has 2 atom stereocenters. The number of likely N-dealkylation sites (tertiary alicyclic amines) is 1. The highest BCUT2D eigenvalue weighted by atomic mass is 79.9. The lowest BCUT2D eigenvalue weighted by molar-refractivity contribution is 0.00578. The Hall–Kier alpha value is -7.27. The molecule has 20 nitrogen and oxygen atoms in total. The lowest BCUT2D eigenvalue weighted by Crippen LogP contribution is -2.41. The summed E-state index contributed by atoms with van der Waals surface area (Å²) in [7, 11) is 0.0648. The number of hydrogen-bond acceptors (Lipinski definition) is 17. The van der Waals surface area contributed by atoms with Crippen LogP contribution < -0.4 is 25.4 Å². The Morgan fingerprint density at radius 2 is 1.32 bits per heavy atom. The van der Waals surface area contributed by atoms with Gasteiger partial charge in [0.05, 0.1) is 46.3 Å². The first-order valence-electron chi connectivity index (χ1n) is 28.0. The second-order valence-corrected chi connectivity index (χ2v) is 24.3. The van der Waals surface area contributed by atoms with Crippen molar-refractivity contribution in [3.05, 3.63) is 132 Å². The van der Waals surface area contributed by atoms with Gasteiger partial charge in [0.2, 0.25) is 11.9 Å². The number of nitrogens with zero attached hydrogens (tertiary/aromatic N) is 11. The van der Waals surface area contributed by atoms with Crippen molar-refractivity contribution < 1.29 is 28.3 Å². The predicted molar refractivity (Wildman–Crippen MR) is 314 cm³/mol. The van der Waals surface area contributed by atoms with Crippen molar-refractivity contribution in [2.75, 3.05) is 36.8 Å². The average Bonchev–Trinajstić information content (AvgIpc) is 4.24. The van der Waals surface area contributed by atoms with Crippen molar-refractivity contribution >= 4 is 74.2 Å². The highest BCUT2D eigenvalue weighted by Gasteiger charge is 2.56. The molecule has 2 saturated carbocycles. The predicted octanol–water partition coefficient (Wildman–Crippen LogP) is 11.0. The molecule has 81 heavy (non-hydrogen) atoms. The van der Waals surface area contributed by atoms with E-state index in [4.69, 9.17) is 33.5 Å². The van der Waals surface area contributed by atoms with E-state index in [1.807, 2.05) is 75.5 Å². The third-order valence-corrected chi connectivity index (χ3v) is 15.6. The van der Waals surface area contributed by atoms with Gasteiger partial charge in [-0.3, -0.25) is 0 Å². The second kappa shape index (κ2) is 23.7. The number of ether oxygens (including phenoxy) is 3. The van der Waals surface area contributed by atoms with Gasteiger partial charge in [0, 0.05) is 66.2 Å². The first-order chi connectivity index (χ1) is 38.9. The zero-order valence-electron chi connectivity index (χ0n) is 47.0. The number of amides is 1. The smallest absolute Gasteiger partial charge is 0.461 e. The van der Waals surface area contributed by atoms with E-state index in [2.05, 4.69) is 114 Å². The van der Waals surface area contributed by atoms with E-state index in [-0.39, 0.29) is 36.6 Å². The topological polar surface area (TPSA) is 216 Å². The zero-order chi connectivity index (χ0) is 56.3. The minimum Gasteiger partial charge on any atom is -0.489 e. The summed E-state index contributed by atoms with van der Waals surface area (Å²) in [6, 6.07) is 24.3. The van der Waals surface area contributed by atoms with Crippen LogP contribution in [0, 0.1) is 0 Å². The number of anilines is 4. The molecule has 2 aliphatic carbocycles. The number of benzene rings is 4. The molecular weight excluding hydrogens is 1090 g/mol. The van der Waals surface area contributed by atoms with Gasteiger partial charge in [0.1, 0.15) is 54.6 Å². The zero-order valence-corrected chi connectivity index (χ0v) is 48.6. The van der Waals surface area contributed by atoms with E-state index in [1.54, 1.807) is 39.4 Å². The number of nitrogens with one attached hydrogen (secondary N) is 3. The largest absolute Gasteiger partial charge is 0.489 e. The number of carbonyl (C=O) groups is 1. The molecule has 3 aliphatic heterocycles. The van der Waals surface area contributed by atoms with Crippen LogP contribution in [0.25, 0.3) is 21.8 Å². The van der Waals surface area contributed by atoms with Crippen LogP contribution in [0.15, 0.2) is 115 Å². The van der Waals surface area contributed by atoms with Crippen molar-refractivity contribution in [1.82, 2.24) is 59.7 Å². The molecule has 13 rings (SSSR count). The summed E-state index contributed by atoms with van der Waals surface area (Å²) in [5.41, 5.74) is 6.15. The molecule has 0 bridgehead atoms. The highest BCUT2D eigenvalue weighted by Crippen LogP contribution is 2.49. The van der Waals surface area contributed by atoms with E-state index in [1.165, 1.54) is 37.6 Å². The van der Waals surface area contributed by atoms with Crippen LogP contribution in [0.2, 0.25) is 5.82 Å². The molecule has 2 unspecified atom stereocenters. The molecule has 5 aliphatic rings. The van der Waals surface area contributed by atoms with Crippen LogP contribution in [0.3, 0.4) is 0 Å². The van der Waals surface area contributed by atoms with E-state index in [9.17, 15) is 4.79 Å². The van der Waals surface area contributed by atoms with Gasteiger partial charge in [-0.25, -0.2) is 44.1 Å². The fourth-order valence-corrected chi connectivity index (χ4v) is 10.2. The maximum atomic E-state index is 12.4. The Balaban J connectivity index is 0.000000142. The van der Waals surface area contributed by atoms with E-state index >= 15 is 0 Å². The molecule has 4 aromatic carbocycles. The molecule has 422 valence electrons. The Morgan fingerprint density at radius 3 is 1.85 bits per heavy atom. The molecule has 0 spiro atoms. The van der Waals surface area contributed by atoms with Crippen molar-refractivity contribution in [1.29, 1.82) is 0 Å². The van der Waals surface area contributed by atoms with E-state index in [0.29, 0.717) is 55.6 Å². The Labute approximate surface area is 480 Å². The minimum absolute atomic E-state index is 0.0648. The summed E-state index contributed by atoms with van der Waals surface area (Å²) in [6.07, 6.45) is 16.7. The summed E-state index contributed by atoms with van der Waals surface area (Å²) < 4.78 is 34.2. The third kappa shape index (κ3) is 14.4. The maximum Gasteiger partial charge on any atom is 0.461 e. The summed E-state index contributed by atoms with van der Waals surface area (Å²) in [6.45, 7) is 18.3. The lowest BCUT2D eigenvalue weighted by Gasteiger charge is -2.32. The van der Waals surface area contributed by atoms with Gasteiger partial charge in [0.15, 0.2) is 0 Å². The van der Waals surface area contributed by atoms with Gasteiger partial charge in [-0.2, -0.15) is 10.2 Å². The van der Waals surface area contributed by atoms with Crippen molar-refractivity contribution in [2.24, 2.45) is 0 Å². The summed E-state index contributed by atoms with van der Waals surface area (Å²) in [5.74, 6) is 3.98. The monoisotopic (exact) mass is 1160 g/mol. The van der Waals surface area contributed by atoms with Gasteiger partial charge in [-0.05, 0) is 155 Å². The number of rotatable bonds is 14. The summed E-state index contributed by atoms with van der Waals surface area (Å²) >= 11 is 3.60. The van der Waals surface area contributed by atoms with Crippen LogP contribution in [-0.2, 0) is 27.1 Å². The quantitative estimate of drug-likeness (QED) is 0.0863. The molecular formula is C59H70BBrN14O6. The molecule has 0 radical (unpaired) electrons. The first kappa shape index (κ1) is 55.6. The van der Waals surface area contributed by atoms with Crippen LogP contribution >= 0.6 is 15.9 Å². The first-order valence-corrected chi connectivity index (χ1v) is 28.7. The molecule has 22 heteroatoms. The Bertz CT molecular complexity index is 3440.